The van der Waals surface area contributed by atoms with Crippen molar-refractivity contribution in [2.24, 2.45) is 0 Å². The van der Waals surface area contributed by atoms with Crippen molar-refractivity contribution in [3.8, 4) is 11.1 Å². The number of aromatic nitrogens is 1. The molecule has 30 heavy (non-hydrogen) atoms. The van der Waals surface area contributed by atoms with Gasteiger partial charge in [0.2, 0.25) is 0 Å². The first kappa shape index (κ1) is 19.8. The summed E-state index contributed by atoms with van der Waals surface area (Å²) in [5.74, 6) is 0. The summed E-state index contributed by atoms with van der Waals surface area (Å²) in [6.45, 7) is 13.3. The first-order valence-corrected chi connectivity index (χ1v) is 10.5. The Morgan fingerprint density at radius 3 is 2.47 bits per heavy atom. The Labute approximate surface area is 178 Å². The molecule has 0 saturated carbocycles. The Bertz CT molecular complexity index is 1270. The molecule has 0 fully saturated rings. The van der Waals surface area contributed by atoms with E-state index in [1.54, 1.807) is 6.20 Å². The van der Waals surface area contributed by atoms with E-state index in [0.717, 1.165) is 29.8 Å². The van der Waals surface area contributed by atoms with Crippen LogP contribution in [0.25, 0.3) is 38.5 Å². The van der Waals surface area contributed by atoms with Crippen LogP contribution < -0.4 is 5.32 Å². The minimum absolute atomic E-state index is 0.976. The van der Waals surface area contributed by atoms with E-state index < -0.39 is 0 Å². The SMILES string of the molecule is C=CNc1ccc(-c2ccc3c(c2)c2ccccc2n3CCC)cc1C(=C)/C=C\C. The second-order valence-electron chi connectivity index (χ2n) is 7.53. The predicted molar refractivity (Wildman–Crippen MR) is 133 cm³/mol. The fraction of sp³-hybridized carbons (Fsp3) is 0.143. The van der Waals surface area contributed by atoms with Crippen LogP contribution in [-0.4, -0.2) is 4.57 Å². The third kappa shape index (κ3) is 3.46. The highest BCUT2D eigenvalue weighted by atomic mass is 15.0. The highest BCUT2D eigenvalue weighted by Gasteiger charge is 2.12. The molecule has 0 aliphatic rings. The zero-order chi connectivity index (χ0) is 21.1. The number of nitrogens with zero attached hydrogens (tertiary/aromatic N) is 1. The quantitative estimate of drug-likeness (QED) is 0.315. The molecule has 1 aromatic heterocycles. The predicted octanol–water partition coefficient (Wildman–Crippen LogP) is 8.02. The zero-order valence-electron chi connectivity index (χ0n) is 17.8. The lowest BCUT2D eigenvalue weighted by Gasteiger charge is -2.13. The lowest BCUT2D eigenvalue weighted by atomic mass is 9.96. The van der Waals surface area contributed by atoms with Gasteiger partial charge in [0.1, 0.15) is 0 Å². The Balaban J connectivity index is 1.89. The average molecular weight is 393 g/mol. The van der Waals surface area contributed by atoms with Gasteiger partial charge in [-0.25, -0.2) is 0 Å². The van der Waals surface area contributed by atoms with Gasteiger partial charge in [-0.05, 0) is 66.6 Å². The molecule has 3 aromatic carbocycles. The molecule has 2 heteroatoms. The van der Waals surface area contributed by atoms with Crippen molar-refractivity contribution in [3.05, 3.63) is 97.7 Å². The molecule has 1 heterocycles. The summed E-state index contributed by atoms with van der Waals surface area (Å²) >= 11 is 0. The maximum Gasteiger partial charge on any atom is 0.0491 e. The van der Waals surface area contributed by atoms with E-state index in [1.807, 2.05) is 19.1 Å². The van der Waals surface area contributed by atoms with E-state index in [9.17, 15) is 0 Å². The summed E-state index contributed by atoms with van der Waals surface area (Å²) in [5.41, 5.74) is 8.06. The van der Waals surface area contributed by atoms with Gasteiger partial charge in [0, 0.05) is 39.6 Å². The van der Waals surface area contributed by atoms with Gasteiger partial charge < -0.3 is 9.88 Å². The highest BCUT2D eigenvalue weighted by molar-refractivity contribution is 6.09. The molecule has 0 aliphatic heterocycles. The summed E-state index contributed by atoms with van der Waals surface area (Å²) in [7, 11) is 0. The van der Waals surface area contributed by atoms with Crippen molar-refractivity contribution in [2.45, 2.75) is 26.8 Å². The smallest absolute Gasteiger partial charge is 0.0491 e. The van der Waals surface area contributed by atoms with Crippen LogP contribution in [0.1, 0.15) is 25.8 Å². The molecule has 0 bridgehead atoms. The first-order valence-electron chi connectivity index (χ1n) is 10.5. The third-order valence-electron chi connectivity index (χ3n) is 5.54. The van der Waals surface area contributed by atoms with E-state index in [0.29, 0.717) is 0 Å². The van der Waals surface area contributed by atoms with Crippen LogP contribution in [0.5, 0.6) is 0 Å². The molecule has 0 amide bonds. The van der Waals surface area contributed by atoms with Gasteiger partial charge in [-0.2, -0.15) is 0 Å². The van der Waals surface area contributed by atoms with Crippen molar-refractivity contribution in [2.75, 3.05) is 5.32 Å². The van der Waals surface area contributed by atoms with Crippen molar-refractivity contribution in [3.63, 3.8) is 0 Å². The number of aryl methyl sites for hydroxylation is 1. The van der Waals surface area contributed by atoms with Crippen molar-refractivity contribution < 1.29 is 0 Å². The topological polar surface area (TPSA) is 17.0 Å². The van der Waals surface area contributed by atoms with Crippen LogP contribution in [0.15, 0.2) is 92.2 Å². The number of fused-ring (bicyclic) bond motifs is 3. The zero-order valence-corrected chi connectivity index (χ0v) is 17.8. The number of hydrogen-bond donors (Lipinski definition) is 1. The van der Waals surface area contributed by atoms with Crippen LogP contribution in [0.4, 0.5) is 5.69 Å². The fourth-order valence-electron chi connectivity index (χ4n) is 4.21. The van der Waals surface area contributed by atoms with E-state index in [1.165, 1.54) is 32.9 Å². The summed E-state index contributed by atoms with van der Waals surface area (Å²) in [6.07, 6.45) is 6.87. The molecular weight excluding hydrogens is 364 g/mol. The van der Waals surface area contributed by atoms with Crippen molar-refractivity contribution in [1.82, 2.24) is 4.57 Å². The standard InChI is InChI=1S/C28H28N2/c1-5-10-20(4)24-18-21(13-15-26(24)29-7-3)22-14-16-28-25(19-22)23-11-8-9-12-27(23)30(28)17-6-2/h5,7-16,18-19,29H,3-4,6,17H2,1-2H3/b10-5-. The summed E-state index contributed by atoms with van der Waals surface area (Å²) in [4.78, 5) is 0. The third-order valence-corrected chi connectivity index (χ3v) is 5.54. The molecule has 0 spiro atoms. The van der Waals surface area contributed by atoms with Crippen LogP contribution in [0.3, 0.4) is 0 Å². The first-order chi connectivity index (χ1) is 14.7. The molecular formula is C28H28N2. The number of benzene rings is 3. The number of hydrogen-bond acceptors (Lipinski definition) is 1. The van der Waals surface area contributed by atoms with E-state index in [2.05, 4.69) is 90.6 Å². The van der Waals surface area contributed by atoms with Gasteiger partial charge in [-0.15, -0.1) is 0 Å². The fourth-order valence-corrected chi connectivity index (χ4v) is 4.21. The van der Waals surface area contributed by atoms with Gasteiger partial charge >= 0.3 is 0 Å². The van der Waals surface area contributed by atoms with Gasteiger partial charge in [0.15, 0.2) is 0 Å². The molecule has 0 unspecified atom stereocenters. The highest BCUT2D eigenvalue weighted by Crippen LogP contribution is 2.35. The molecule has 1 N–H and O–H groups in total. The monoisotopic (exact) mass is 392 g/mol. The van der Waals surface area contributed by atoms with Crippen LogP contribution >= 0.6 is 0 Å². The average Bonchev–Trinajstić information content (AvgIpc) is 3.08. The summed E-state index contributed by atoms with van der Waals surface area (Å²) in [6, 6.07) is 22.0. The van der Waals surface area contributed by atoms with E-state index in [4.69, 9.17) is 0 Å². The van der Waals surface area contributed by atoms with Gasteiger partial charge in [-0.3, -0.25) is 0 Å². The maximum atomic E-state index is 4.24. The number of anilines is 1. The number of nitrogens with one attached hydrogen (secondary N) is 1. The lowest BCUT2D eigenvalue weighted by Crippen LogP contribution is -1.95. The largest absolute Gasteiger partial charge is 0.362 e. The molecule has 0 aliphatic carbocycles. The van der Waals surface area contributed by atoms with Gasteiger partial charge in [0.25, 0.3) is 0 Å². The number of rotatable bonds is 7. The van der Waals surface area contributed by atoms with Crippen molar-refractivity contribution in [1.29, 1.82) is 0 Å². The molecule has 0 saturated heterocycles. The van der Waals surface area contributed by atoms with Crippen LogP contribution in [0, 0.1) is 0 Å². The summed E-state index contributed by atoms with van der Waals surface area (Å²) < 4.78 is 2.44. The second-order valence-corrected chi connectivity index (χ2v) is 7.53. The van der Waals surface area contributed by atoms with Crippen LogP contribution in [-0.2, 0) is 6.54 Å². The van der Waals surface area contributed by atoms with Gasteiger partial charge in [-0.1, -0.05) is 62.6 Å². The normalized spacial score (nSPS) is 11.4. The Hall–Kier alpha value is -3.52. The lowest BCUT2D eigenvalue weighted by molar-refractivity contribution is 0.724. The molecule has 0 atom stereocenters. The van der Waals surface area contributed by atoms with E-state index in [-0.39, 0.29) is 0 Å². The number of para-hydroxylation sites is 1. The summed E-state index contributed by atoms with van der Waals surface area (Å²) in [5, 5.41) is 5.85. The minimum atomic E-state index is 0.976. The molecule has 4 rings (SSSR count). The second kappa shape index (κ2) is 8.46. The van der Waals surface area contributed by atoms with Crippen molar-refractivity contribution >= 4 is 33.1 Å². The number of allylic oxidation sites excluding steroid dienone is 3. The Morgan fingerprint density at radius 2 is 1.70 bits per heavy atom. The Morgan fingerprint density at radius 1 is 0.967 bits per heavy atom. The van der Waals surface area contributed by atoms with Gasteiger partial charge in [0.05, 0.1) is 0 Å². The molecule has 2 nitrogen and oxygen atoms in total. The van der Waals surface area contributed by atoms with E-state index >= 15 is 0 Å². The Kier molecular flexibility index (Phi) is 5.58. The molecule has 0 radical (unpaired) electrons. The molecule has 4 aromatic rings. The molecule has 150 valence electrons. The maximum absolute atomic E-state index is 4.24. The minimum Gasteiger partial charge on any atom is -0.362 e. The van der Waals surface area contributed by atoms with Crippen LogP contribution in [0.2, 0.25) is 0 Å².